The van der Waals surface area contributed by atoms with E-state index in [1.54, 1.807) is 32.3 Å². The number of aromatic nitrogens is 4. The SMILES string of the molecule is Cc1nc2cc(N3CCc4ccnc(Cl)c4C3)nc(-c3ccc(Cl)cc3F)c2c(=O)n1C. The van der Waals surface area contributed by atoms with Crippen molar-refractivity contribution in [2.24, 2.45) is 7.05 Å². The average Bonchev–Trinajstić information content (AvgIpc) is 2.77. The van der Waals surface area contributed by atoms with E-state index in [0.29, 0.717) is 35.4 Å². The van der Waals surface area contributed by atoms with Gasteiger partial charge in [0.25, 0.3) is 5.56 Å². The summed E-state index contributed by atoms with van der Waals surface area (Å²) in [6.07, 6.45) is 2.47. The second-order valence-corrected chi connectivity index (χ2v) is 8.58. The van der Waals surface area contributed by atoms with Crippen LogP contribution in [0.4, 0.5) is 10.2 Å². The predicted molar refractivity (Wildman–Crippen MR) is 124 cm³/mol. The molecule has 162 valence electrons. The Morgan fingerprint density at radius 2 is 1.94 bits per heavy atom. The first-order valence-electron chi connectivity index (χ1n) is 10.0. The summed E-state index contributed by atoms with van der Waals surface area (Å²) >= 11 is 12.3. The second kappa shape index (κ2) is 7.83. The molecule has 0 atom stereocenters. The van der Waals surface area contributed by atoms with E-state index in [9.17, 15) is 9.18 Å². The van der Waals surface area contributed by atoms with Crippen molar-refractivity contribution in [2.45, 2.75) is 19.9 Å². The summed E-state index contributed by atoms with van der Waals surface area (Å²) in [6, 6.07) is 8.07. The molecule has 0 saturated heterocycles. The van der Waals surface area contributed by atoms with Gasteiger partial charge >= 0.3 is 0 Å². The Kier molecular flexibility index (Phi) is 5.10. The number of hydrogen-bond acceptors (Lipinski definition) is 5. The number of rotatable bonds is 2. The standard InChI is InChI=1S/C23H18Cl2FN5O/c1-12-28-18-10-19(31-8-6-13-5-7-27-22(25)16(13)11-31)29-21(20(18)23(32)30(12)2)15-4-3-14(24)9-17(15)26/h3-5,7,9-10H,6,8,11H2,1-2H3. The van der Waals surface area contributed by atoms with Crippen LogP contribution in [0.2, 0.25) is 10.2 Å². The van der Waals surface area contributed by atoms with Crippen molar-refractivity contribution >= 4 is 39.9 Å². The van der Waals surface area contributed by atoms with Gasteiger partial charge in [0.15, 0.2) is 0 Å². The van der Waals surface area contributed by atoms with E-state index in [2.05, 4.69) is 9.97 Å². The van der Waals surface area contributed by atoms with Gasteiger partial charge in [0.1, 0.15) is 22.6 Å². The molecule has 0 bridgehead atoms. The molecule has 1 aliphatic heterocycles. The highest BCUT2D eigenvalue weighted by Gasteiger charge is 2.24. The maximum Gasteiger partial charge on any atom is 0.263 e. The zero-order chi connectivity index (χ0) is 22.6. The molecule has 0 N–H and O–H groups in total. The molecule has 9 heteroatoms. The van der Waals surface area contributed by atoms with E-state index >= 15 is 0 Å². The number of halogens is 3. The molecule has 5 rings (SSSR count). The Balaban J connectivity index is 1.74. The molecule has 0 spiro atoms. The van der Waals surface area contributed by atoms with E-state index in [-0.39, 0.29) is 27.2 Å². The fraction of sp³-hybridized carbons (Fsp3) is 0.217. The molecular weight excluding hydrogens is 452 g/mol. The Bertz CT molecular complexity index is 1450. The minimum absolute atomic E-state index is 0.195. The predicted octanol–water partition coefficient (Wildman–Crippen LogP) is 4.71. The van der Waals surface area contributed by atoms with E-state index in [0.717, 1.165) is 17.5 Å². The van der Waals surface area contributed by atoms with Gasteiger partial charge in [-0.05, 0) is 43.2 Å². The molecule has 0 aliphatic carbocycles. The normalized spacial score (nSPS) is 13.5. The summed E-state index contributed by atoms with van der Waals surface area (Å²) in [4.78, 5) is 28.7. The summed E-state index contributed by atoms with van der Waals surface area (Å²) in [5, 5.41) is 0.989. The van der Waals surface area contributed by atoms with E-state index < -0.39 is 5.82 Å². The molecule has 0 radical (unpaired) electrons. The highest BCUT2D eigenvalue weighted by Crippen LogP contribution is 2.33. The number of aryl methyl sites for hydroxylation is 1. The highest BCUT2D eigenvalue weighted by molar-refractivity contribution is 6.30. The van der Waals surface area contributed by atoms with Crippen LogP contribution in [0, 0.1) is 12.7 Å². The lowest BCUT2D eigenvalue weighted by Gasteiger charge is -2.30. The van der Waals surface area contributed by atoms with Gasteiger partial charge in [0.2, 0.25) is 0 Å². The third kappa shape index (κ3) is 3.42. The van der Waals surface area contributed by atoms with Crippen molar-refractivity contribution in [3.63, 3.8) is 0 Å². The molecule has 32 heavy (non-hydrogen) atoms. The van der Waals surface area contributed by atoms with Gasteiger partial charge in [-0.15, -0.1) is 0 Å². The molecule has 3 aromatic heterocycles. The van der Waals surface area contributed by atoms with Crippen molar-refractivity contribution < 1.29 is 4.39 Å². The number of nitrogens with zero attached hydrogens (tertiary/aromatic N) is 5. The smallest absolute Gasteiger partial charge is 0.263 e. The molecular formula is C23H18Cl2FN5O. The Hall–Kier alpha value is -3.03. The van der Waals surface area contributed by atoms with E-state index in [1.807, 2.05) is 11.0 Å². The van der Waals surface area contributed by atoms with Crippen LogP contribution >= 0.6 is 23.2 Å². The van der Waals surface area contributed by atoms with Crippen LogP contribution in [0.15, 0.2) is 41.3 Å². The van der Waals surface area contributed by atoms with Gasteiger partial charge in [-0.2, -0.15) is 0 Å². The summed E-state index contributed by atoms with van der Waals surface area (Å²) in [7, 11) is 1.64. The summed E-state index contributed by atoms with van der Waals surface area (Å²) in [6.45, 7) is 2.96. The second-order valence-electron chi connectivity index (χ2n) is 7.78. The van der Waals surface area contributed by atoms with Gasteiger partial charge in [-0.1, -0.05) is 23.2 Å². The lowest BCUT2D eigenvalue weighted by Crippen LogP contribution is -2.32. The van der Waals surface area contributed by atoms with Crippen LogP contribution in [0.1, 0.15) is 17.0 Å². The lowest BCUT2D eigenvalue weighted by atomic mass is 10.0. The largest absolute Gasteiger partial charge is 0.352 e. The zero-order valence-electron chi connectivity index (χ0n) is 17.4. The first-order valence-corrected chi connectivity index (χ1v) is 10.8. The van der Waals surface area contributed by atoms with Crippen LogP contribution in [0.3, 0.4) is 0 Å². The molecule has 0 unspecified atom stereocenters. The van der Waals surface area contributed by atoms with Gasteiger partial charge in [0, 0.05) is 48.5 Å². The molecule has 0 fully saturated rings. The number of benzene rings is 1. The topological polar surface area (TPSA) is 63.9 Å². The summed E-state index contributed by atoms with van der Waals surface area (Å²) < 4.78 is 16.3. The maximum atomic E-state index is 14.9. The molecule has 0 saturated carbocycles. The first kappa shape index (κ1) is 20.8. The number of fused-ring (bicyclic) bond motifs is 2. The van der Waals surface area contributed by atoms with Crippen LogP contribution in [0.25, 0.3) is 22.2 Å². The first-order chi connectivity index (χ1) is 15.3. The Morgan fingerprint density at radius 1 is 1.12 bits per heavy atom. The molecule has 6 nitrogen and oxygen atoms in total. The Morgan fingerprint density at radius 3 is 2.72 bits per heavy atom. The number of anilines is 1. The quantitative estimate of drug-likeness (QED) is 0.397. The van der Waals surface area contributed by atoms with Crippen molar-refractivity contribution in [3.05, 3.63) is 79.8 Å². The van der Waals surface area contributed by atoms with Crippen LogP contribution < -0.4 is 10.5 Å². The summed E-state index contributed by atoms with van der Waals surface area (Å²) in [5.74, 6) is 0.591. The van der Waals surface area contributed by atoms with Crippen molar-refractivity contribution in [1.82, 2.24) is 19.5 Å². The molecule has 4 heterocycles. The van der Waals surface area contributed by atoms with Crippen molar-refractivity contribution in [1.29, 1.82) is 0 Å². The van der Waals surface area contributed by atoms with Gasteiger partial charge in [0.05, 0.1) is 16.6 Å². The third-order valence-corrected chi connectivity index (χ3v) is 6.44. The Labute approximate surface area is 193 Å². The molecule has 0 amide bonds. The fourth-order valence-electron chi connectivity index (χ4n) is 4.05. The molecule has 1 aromatic carbocycles. The van der Waals surface area contributed by atoms with Crippen LogP contribution in [-0.4, -0.2) is 26.1 Å². The van der Waals surface area contributed by atoms with E-state index in [4.69, 9.17) is 28.2 Å². The number of hydrogen-bond donors (Lipinski definition) is 0. The highest BCUT2D eigenvalue weighted by atomic mass is 35.5. The molecule has 1 aliphatic rings. The van der Waals surface area contributed by atoms with Crippen molar-refractivity contribution in [3.8, 4) is 11.3 Å². The van der Waals surface area contributed by atoms with Gasteiger partial charge in [-0.25, -0.2) is 19.3 Å². The average molecular weight is 470 g/mol. The van der Waals surface area contributed by atoms with Crippen LogP contribution in [0.5, 0.6) is 0 Å². The fourth-order valence-corrected chi connectivity index (χ4v) is 4.44. The van der Waals surface area contributed by atoms with Crippen LogP contribution in [-0.2, 0) is 20.0 Å². The third-order valence-electron chi connectivity index (χ3n) is 5.88. The van der Waals surface area contributed by atoms with E-state index in [1.165, 1.54) is 16.7 Å². The maximum absolute atomic E-state index is 14.9. The zero-order valence-corrected chi connectivity index (χ0v) is 18.9. The summed E-state index contributed by atoms with van der Waals surface area (Å²) in [5.41, 5.74) is 2.70. The van der Waals surface area contributed by atoms with Gasteiger partial charge < -0.3 is 4.90 Å². The minimum Gasteiger partial charge on any atom is -0.352 e. The monoisotopic (exact) mass is 469 g/mol. The minimum atomic E-state index is -0.553. The van der Waals surface area contributed by atoms with Crippen molar-refractivity contribution in [2.75, 3.05) is 11.4 Å². The number of pyridine rings is 2. The van der Waals surface area contributed by atoms with Gasteiger partial charge in [-0.3, -0.25) is 9.36 Å². The lowest BCUT2D eigenvalue weighted by molar-refractivity contribution is 0.631. The molecule has 4 aromatic rings.